The van der Waals surface area contributed by atoms with Gasteiger partial charge in [0.05, 0.1) is 0 Å². The molecule has 0 fully saturated rings. The molecule has 0 radical (unpaired) electrons. The van der Waals surface area contributed by atoms with E-state index in [1.165, 1.54) is 0 Å². The van der Waals surface area contributed by atoms with Gasteiger partial charge in [0, 0.05) is 31.5 Å². The van der Waals surface area contributed by atoms with Crippen LogP contribution in [0.1, 0.15) is 67.3 Å². The lowest BCUT2D eigenvalue weighted by Crippen LogP contribution is -2.25. The Kier molecular flexibility index (Phi) is 14.4. The lowest BCUT2D eigenvalue weighted by molar-refractivity contribution is -0.145. The third-order valence-corrected chi connectivity index (χ3v) is 6.62. The predicted octanol–water partition coefficient (Wildman–Crippen LogP) is 5.64. The van der Waals surface area contributed by atoms with E-state index in [0.29, 0.717) is 50.1 Å². The molecule has 3 aromatic rings. The summed E-state index contributed by atoms with van der Waals surface area (Å²) in [5.74, 6) is 0.313. The summed E-state index contributed by atoms with van der Waals surface area (Å²) >= 11 is 0. The highest BCUT2D eigenvalue weighted by molar-refractivity contribution is 5.95. The van der Waals surface area contributed by atoms with Gasteiger partial charge < -0.3 is 20.1 Å². The third kappa shape index (κ3) is 12.4. The Morgan fingerprint density at radius 3 is 2.14 bits per heavy atom. The molecule has 0 bridgehead atoms. The van der Waals surface area contributed by atoms with Gasteiger partial charge in [-0.05, 0) is 66.6 Å². The zero-order chi connectivity index (χ0) is 29.8. The maximum Gasteiger partial charge on any atom is 0.306 e. The molecule has 0 aromatic heterocycles. The maximum atomic E-state index is 12.6. The smallest absolute Gasteiger partial charge is 0.306 e. The van der Waals surface area contributed by atoms with Crippen LogP contribution in [0, 0.1) is 0 Å². The number of unbranched alkanes of at least 4 members (excludes halogenated alkanes) is 4. The number of carbonyl (C=O) groups is 4. The van der Waals surface area contributed by atoms with E-state index in [1.807, 2.05) is 60.7 Å². The fourth-order valence-electron chi connectivity index (χ4n) is 4.30. The Morgan fingerprint density at radius 2 is 1.40 bits per heavy atom. The van der Waals surface area contributed by atoms with Crippen molar-refractivity contribution in [2.75, 3.05) is 19.7 Å². The van der Waals surface area contributed by atoms with Crippen molar-refractivity contribution >= 4 is 24.1 Å². The van der Waals surface area contributed by atoms with Gasteiger partial charge in [-0.2, -0.15) is 0 Å². The van der Waals surface area contributed by atoms with Crippen LogP contribution < -0.4 is 15.4 Å². The number of nitrogens with one attached hydrogen (secondary N) is 2. The van der Waals surface area contributed by atoms with E-state index < -0.39 is 0 Å². The second kappa shape index (κ2) is 18.8. The maximum absolute atomic E-state index is 12.6. The standard InChI is InChI=1S/C34H40N2O6/c37-23-24-41-31-19-17-28(18-20-31)29-13-10-14-30(25-29)34(40)36-22-9-2-6-15-32(38)35-21-8-3-7-16-33(39)42-26-27-11-4-1-5-12-27/h1,4-5,10-14,17-20,23,25H,2-3,6-9,15-16,21-22,24,26H2,(H,35,38)(H,36,40). The molecule has 3 aromatic carbocycles. The Labute approximate surface area is 247 Å². The molecule has 0 heterocycles. The molecular formula is C34H40N2O6. The van der Waals surface area contributed by atoms with Crippen LogP contribution in [0.5, 0.6) is 5.75 Å². The number of carbonyl (C=O) groups excluding carboxylic acids is 4. The Morgan fingerprint density at radius 1 is 0.690 bits per heavy atom. The van der Waals surface area contributed by atoms with Crippen LogP contribution in [0.4, 0.5) is 0 Å². The fraction of sp³-hybridized carbons (Fsp3) is 0.353. The minimum absolute atomic E-state index is 0.0144. The van der Waals surface area contributed by atoms with Crippen LogP contribution in [0.3, 0.4) is 0 Å². The molecule has 0 aliphatic heterocycles. The summed E-state index contributed by atoms with van der Waals surface area (Å²) in [5, 5.41) is 5.88. The minimum atomic E-state index is -0.196. The van der Waals surface area contributed by atoms with Crippen molar-refractivity contribution in [3.8, 4) is 16.9 Å². The Balaban J connectivity index is 1.20. The summed E-state index contributed by atoms with van der Waals surface area (Å²) < 4.78 is 10.6. The predicted molar refractivity (Wildman–Crippen MR) is 162 cm³/mol. The Bertz CT molecular complexity index is 1260. The van der Waals surface area contributed by atoms with Crippen LogP contribution in [-0.4, -0.2) is 43.8 Å². The fourth-order valence-corrected chi connectivity index (χ4v) is 4.30. The first-order valence-corrected chi connectivity index (χ1v) is 14.6. The normalized spacial score (nSPS) is 10.5. The van der Waals surface area contributed by atoms with E-state index in [4.69, 9.17) is 9.47 Å². The van der Waals surface area contributed by atoms with Gasteiger partial charge in [0.2, 0.25) is 5.91 Å². The number of aldehydes is 1. The van der Waals surface area contributed by atoms with Crippen LogP contribution in [0.2, 0.25) is 0 Å². The molecule has 42 heavy (non-hydrogen) atoms. The van der Waals surface area contributed by atoms with E-state index >= 15 is 0 Å². The number of benzene rings is 3. The van der Waals surface area contributed by atoms with E-state index in [9.17, 15) is 19.2 Å². The van der Waals surface area contributed by atoms with Gasteiger partial charge in [-0.1, -0.05) is 67.4 Å². The molecule has 0 saturated heterocycles. The third-order valence-electron chi connectivity index (χ3n) is 6.62. The van der Waals surface area contributed by atoms with E-state index in [0.717, 1.165) is 55.2 Å². The van der Waals surface area contributed by atoms with Crippen LogP contribution in [-0.2, 0) is 25.7 Å². The van der Waals surface area contributed by atoms with Gasteiger partial charge >= 0.3 is 5.97 Å². The highest BCUT2D eigenvalue weighted by Gasteiger charge is 2.08. The SMILES string of the molecule is O=CCOc1ccc(-c2cccc(C(=O)NCCCCCC(=O)NCCCCCC(=O)OCc3ccccc3)c2)cc1. The van der Waals surface area contributed by atoms with Crippen LogP contribution in [0.25, 0.3) is 11.1 Å². The summed E-state index contributed by atoms with van der Waals surface area (Å²) in [7, 11) is 0. The summed E-state index contributed by atoms with van der Waals surface area (Å²) in [6.07, 6.45) is 6.37. The number of esters is 1. The van der Waals surface area contributed by atoms with Gasteiger partial charge in [0.25, 0.3) is 5.91 Å². The molecule has 2 N–H and O–H groups in total. The van der Waals surface area contributed by atoms with Crippen molar-refractivity contribution < 1.29 is 28.7 Å². The monoisotopic (exact) mass is 572 g/mol. The van der Waals surface area contributed by atoms with Gasteiger partial charge in [-0.3, -0.25) is 19.2 Å². The second-order valence-electron chi connectivity index (χ2n) is 9.96. The van der Waals surface area contributed by atoms with Crippen molar-refractivity contribution in [1.29, 1.82) is 0 Å². The van der Waals surface area contributed by atoms with Crippen LogP contribution >= 0.6 is 0 Å². The van der Waals surface area contributed by atoms with E-state index in [1.54, 1.807) is 18.2 Å². The van der Waals surface area contributed by atoms with Gasteiger partial charge in [-0.25, -0.2) is 0 Å². The molecule has 222 valence electrons. The van der Waals surface area contributed by atoms with Crippen molar-refractivity contribution in [2.45, 2.75) is 58.0 Å². The summed E-state index contributed by atoms with van der Waals surface area (Å²) in [5.41, 5.74) is 3.42. The van der Waals surface area contributed by atoms with Gasteiger partial charge in [-0.15, -0.1) is 0 Å². The number of hydrogen-bond donors (Lipinski definition) is 2. The first-order valence-electron chi connectivity index (χ1n) is 14.6. The first-order chi connectivity index (χ1) is 20.5. The quantitative estimate of drug-likeness (QED) is 0.109. The van der Waals surface area contributed by atoms with Crippen molar-refractivity contribution in [3.63, 3.8) is 0 Å². The molecule has 0 aliphatic carbocycles. The minimum Gasteiger partial charge on any atom is -0.486 e. The summed E-state index contributed by atoms with van der Waals surface area (Å²) in [6.45, 7) is 1.46. The number of amides is 2. The van der Waals surface area contributed by atoms with Gasteiger partial charge in [0.1, 0.15) is 19.0 Å². The summed E-state index contributed by atoms with van der Waals surface area (Å²) in [6, 6.07) is 24.4. The highest BCUT2D eigenvalue weighted by Crippen LogP contribution is 2.23. The van der Waals surface area contributed by atoms with Crippen molar-refractivity contribution in [2.24, 2.45) is 0 Å². The number of ether oxygens (including phenoxy) is 2. The molecule has 3 rings (SSSR count). The molecule has 8 heteroatoms. The molecule has 0 aliphatic rings. The molecule has 2 amide bonds. The topological polar surface area (TPSA) is 111 Å². The Hall–Kier alpha value is -4.46. The second-order valence-corrected chi connectivity index (χ2v) is 9.96. The van der Waals surface area contributed by atoms with Crippen LogP contribution in [0.15, 0.2) is 78.9 Å². The lowest BCUT2D eigenvalue weighted by atomic mass is 10.0. The number of hydrogen-bond acceptors (Lipinski definition) is 6. The molecule has 8 nitrogen and oxygen atoms in total. The van der Waals surface area contributed by atoms with Crippen molar-refractivity contribution in [1.82, 2.24) is 10.6 Å². The molecule has 0 atom stereocenters. The van der Waals surface area contributed by atoms with Gasteiger partial charge in [0.15, 0.2) is 6.29 Å². The van der Waals surface area contributed by atoms with Crippen molar-refractivity contribution in [3.05, 3.63) is 90.0 Å². The lowest BCUT2D eigenvalue weighted by Gasteiger charge is -2.09. The zero-order valence-corrected chi connectivity index (χ0v) is 24.0. The number of rotatable bonds is 19. The molecular weight excluding hydrogens is 532 g/mol. The first kappa shape index (κ1) is 32.1. The molecule has 0 saturated carbocycles. The average molecular weight is 573 g/mol. The molecule has 0 spiro atoms. The molecule has 0 unspecified atom stereocenters. The van der Waals surface area contributed by atoms with E-state index in [2.05, 4.69) is 10.6 Å². The zero-order valence-electron chi connectivity index (χ0n) is 24.0. The summed E-state index contributed by atoms with van der Waals surface area (Å²) in [4.78, 5) is 47.0. The van der Waals surface area contributed by atoms with E-state index in [-0.39, 0.29) is 24.4 Å². The average Bonchev–Trinajstić information content (AvgIpc) is 3.03. The largest absolute Gasteiger partial charge is 0.486 e. The highest BCUT2D eigenvalue weighted by atomic mass is 16.5.